The maximum absolute atomic E-state index is 11.2. The Bertz CT molecular complexity index is 333. The Balaban J connectivity index is 2.47. The minimum absolute atomic E-state index is 0.0583. The molecule has 20 heavy (non-hydrogen) atoms. The lowest BCUT2D eigenvalue weighted by Crippen LogP contribution is -2.56. The average molecular weight is 290 g/mol. The van der Waals surface area contributed by atoms with Crippen LogP contribution in [0.2, 0.25) is 0 Å². The van der Waals surface area contributed by atoms with Gasteiger partial charge in [-0.1, -0.05) is 0 Å². The molecule has 1 rings (SSSR count). The summed E-state index contributed by atoms with van der Waals surface area (Å²) >= 11 is 0. The predicted molar refractivity (Wildman–Crippen MR) is 70.1 cm³/mol. The second-order valence-corrected chi connectivity index (χ2v) is 4.66. The molecular formula is C11H22N4O5. The van der Waals surface area contributed by atoms with Gasteiger partial charge in [-0.25, -0.2) is 14.8 Å². The van der Waals surface area contributed by atoms with Crippen molar-refractivity contribution >= 4 is 12.1 Å². The monoisotopic (exact) mass is 290 g/mol. The van der Waals surface area contributed by atoms with Gasteiger partial charge in [-0.05, 0) is 6.42 Å². The van der Waals surface area contributed by atoms with Crippen molar-refractivity contribution in [1.82, 2.24) is 14.9 Å². The molecule has 0 aromatic heterocycles. The third kappa shape index (κ3) is 4.93. The third-order valence-electron chi connectivity index (χ3n) is 3.30. The Morgan fingerprint density at radius 2 is 1.80 bits per heavy atom. The topological polar surface area (TPSA) is 131 Å². The Kier molecular flexibility index (Phi) is 6.65. The molecule has 0 bridgehead atoms. The van der Waals surface area contributed by atoms with Gasteiger partial charge in [0.15, 0.2) is 0 Å². The van der Waals surface area contributed by atoms with Crippen LogP contribution in [0.3, 0.4) is 0 Å². The minimum atomic E-state index is -1.14. The molecule has 5 N–H and O–H groups in total. The van der Waals surface area contributed by atoms with Gasteiger partial charge in [0, 0.05) is 39.3 Å². The van der Waals surface area contributed by atoms with Crippen LogP contribution in [0.4, 0.5) is 4.79 Å². The summed E-state index contributed by atoms with van der Waals surface area (Å²) in [6.07, 6.45) is -1.04. The number of hydrogen-bond donors (Lipinski definition) is 4. The maximum atomic E-state index is 11.2. The molecule has 1 aliphatic rings. The van der Waals surface area contributed by atoms with Gasteiger partial charge in [-0.2, -0.15) is 0 Å². The van der Waals surface area contributed by atoms with Crippen molar-refractivity contribution in [2.45, 2.75) is 12.5 Å². The number of nitrogens with two attached hydrogens (primary N) is 1. The van der Waals surface area contributed by atoms with Crippen molar-refractivity contribution in [2.24, 2.45) is 5.73 Å². The number of aliphatic hydroxyl groups excluding tert-OH is 1. The van der Waals surface area contributed by atoms with Crippen LogP contribution in [0.15, 0.2) is 0 Å². The second-order valence-electron chi connectivity index (χ2n) is 4.66. The van der Waals surface area contributed by atoms with Crippen molar-refractivity contribution < 1.29 is 24.9 Å². The first-order valence-electron chi connectivity index (χ1n) is 6.52. The molecule has 0 aliphatic carbocycles. The van der Waals surface area contributed by atoms with E-state index in [1.54, 1.807) is 5.01 Å². The predicted octanol–water partition coefficient (Wildman–Crippen LogP) is -1.71. The second kappa shape index (κ2) is 8.00. The number of amides is 1. The molecule has 0 aromatic rings. The van der Waals surface area contributed by atoms with Crippen molar-refractivity contribution in [2.75, 3.05) is 45.9 Å². The van der Waals surface area contributed by atoms with E-state index in [4.69, 9.17) is 15.9 Å². The van der Waals surface area contributed by atoms with E-state index in [0.29, 0.717) is 32.7 Å². The molecule has 0 saturated carbocycles. The smallest absolute Gasteiger partial charge is 0.421 e. The third-order valence-corrected chi connectivity index (χ3v) is 3.30. The van der Waals surface area contributed by atoms with E-state index < -0.39 is 18.1 Å². The average Bonchev–Trinajstić information content (AvgIpc) is 2.40. The fourth-order valence-electron chi connectivity index (χ4n) is 2.09. The first-order chi connectivity index (χ1) is 9.45. The minimum Gasteiger partial charge on any atom is -0.480 e. The highest BCUT2D eigenvalue weighted by atomic mass is 16.4. The van der Waals surface area contributed by atoms with Crippen LogP contribution >= 0.6 is 0 Å². The molecule has 0 radical (unpaired) electrons. The molecule has 9 heteroatoms. The molecule has 9 nitrogen and oxygen atoms in total. The quantitative estimate of drug-likeness (QED) is 0.436. The lowest BCUT2D eigenvalue weighted by Gasteiger charge is -2.39. The van der Waals surface area contributed by atoms with Gasteiger partial charge in [0.25, 0.3) is 0 Å². The van der Waals surface area contributed by atoms with E-state index in [2.05, 4.69) is 0 Å². The van der Waals surface area contributed by atoms with Crippen molar-refractivity contribution in [3.8, 4) is 0 Å². The van der Waals surface area contributed by atoms with E-state index >= 15 is 0 Å². The summed E-state index contributed by atoms with van der Waals surface area (Å²) in [4.78, 5) is 23.9. The largest absolute Gasteiger partial charge is 0.480 e. The lowest BCUT2D eigenvalue weighted by molar-refractivity contribution is -0.139. The van der Waals surface area contributed by atoms with E-state index in [1.165, 1.54) is 0 Å². The van der Waals surface area contributed by atoms with Crippen LogP contribution < -0.4 is 5.73 Å². The number of carboxylic acid groups (broad SMARTS) is 2. The van der Waals surface area contributed by atoms with Crippen LogP contribution in [0, 0.1) is 0 Å². The molecular weight excluding hydrogens is 268 g/mol. The van der Waals surface area contributed by atoms with E-state index in [0.717, 1.165) is 5.01 Å². The fourth-order valence-corrected chi connectivity index (χ4v) is 2.09. The Hall–Kier alpha value is -1.42. The summed E-state index contributed by atoms with van der Waals surface area (Å²) in [7, 11) is 0. The first kappa shape index (κ1) is 16.6. The number of hydrogen-bond acceptors (Lipinski definition) is 6. The van der Waals surface area contributed by atoms with Crippen LogP contribution in [0.1, 0.15) is 6.42 Å². The van der Waals surface area contributed by atoms with Crippen LogP contribution in [0.25, 0.3) is 0 Å². The number of nitrogens with zero attached hydrogens (tertiary/aromatic N) is 3. The molecule has 0 spiro atoms. The van der Waals surface area contributed by atoms with Gasteiger partial charge in [-0.15, -0.1) is 0 Å². The molecule has 116 valence electrons. The number of aliphatic hydroxyl groups is 1. The molecule has 1 atom stereocenters. The number of hydrazine groups is 1. The zero-order valence-electron chi connectivity index (χ0n) is 11.3. The zero-order valence-corrected chi connectivity index (χ0v) is 11.3. The summed E-state index contributed by atoms with van der Waals surface area (Å²) < 4.78 is 0. The van der Waals surface area contributed by atoms with Crippen LogP contribution in [0.5, 0.6) is 0 Å². The zero-order chi connectivity index (χ0) is 15.1. The van der Waals surface area contributed by atoms with Gasteiger partial charge in [0.2, 0.25) is 0 Å². The highest BCUT2D eigenvalue weighted by Gasteiger charge is 2.26. The summed E-state index contributed by atoms with van der Waals surface area (Å²) in [5.41, 5.74) is 5.38. The highest BCUT2D eigenvalue weighted by Crippen LogP contribution is 2.07. The number of carboxylic acids is 1. The standard InChI is InChI=1S/C11H22N4O5/c12-9(10(17)18)1-2-15(11(19)20)14-5-3-13(4-6-14)7-8-16/h9,16H,1-8,12H2,(H,17,18)(H,19,20)/t9-/m0/s1. The number of piperazine rings is 1. The fraction of sp³-hybridized carbons (Fsp3) is 0.818. The summed E-state index contributed by atoms with van der Waals surface area (Å²) in [6, 6.07) is -1.06. The molecule has 1 amide bonds. The number of aliphatic carboxylic acids is 1. The maximum Gasteiger partial charge on any atom is 0.421 e. The van der Waals surface area contributed by atoms with Crippen molar-refractivity contribution in [1.29, 1.82) is 0 Å². The van der Waals surface area contributed by atoms with Crippen molar-refractivity contribution in [3.63, 3.8) is 0 Å². The van der Waals surface area contributed by atoms with Crippen molar-refractivity contribution in [3.05, 3.63) is 0 Å². The number of carbonyl (C=O) groups is 2. The van der Waals surface area contributed by atoms with E-state index in [9.17, 15) is 14.7 Å². The SMILES string of the molecule is N[C@@H](CCN(C(=O)O)N1CCN(CCO)CC1)C(=O)O. The number of rotatable bonds is 7. The molecule has 1 saturated heterocycles. The van der Waals surface area contributed by atoms with Crippen LogP contribution in [-0.2, 0) is 4.79 Å². The molecule has 1 aliphatic heterocycles. The van der Waals surface area contributed by atoms with Gasteiger partial charge < -0.3 is 21.1 Å². The number of β-amino-alcohol motifs (C(OH)–C–C–N with tert-alkyl or cyclic N) is 1. The van der Waals surface area contributed by atoms with E-state index in [1.807, 2.05) is 4.90 Å². The normalized spacial score (nSPS) is 18.7. The van der Waals surface area contributed by atoms with Gasteiger partial charge in [0.1, 0.15) is 6.04 Å². The van der Waals surface area contributed by atoms with Gasteiger partial charge in [-0.3, -0.25) is 9.69 Å². The lowest BCUT2D eigenvalue weighted by atomic mass is 10.2. The first-order valence-corrected chi connectivity index (χ1v) is 6.52. The highest BCUT2D eigenvalue weighted by molar-refractivity contribution is 5.73. The Morgan fingerprint density at radius 1 is 1.20 bits per heavy atom. The molecule has 0 aromatic carbocycles. The molecule has 1 heterocycles. The van der Waals surface area contributed by atoms with Gasteiger partial charge in [0.05, 0.1) is 6.61 Å². The Labute approximate surface area is 117 Å². The summed E-state index contributed by atoms with van der Waals surface area (Å²) in [5.74, 6) is -1.14. The van der Waals surface area contributed by atoms with Gasteiger partial charge >= 0.3 is 12.1 Å². The van der Waals surface area contributed by atoms with E-state index in [-0.39, 0.29) is 19.6 Å². The summed E-state index contributed by atoms with van der Waals surface area (Å²) in [5, 5.41) is 29.5. The molecule has 1 fully saturated rings. The summed E-state index contributed by atoms with van der Waals surface area (Å²) in [6.45, 7) is 3.08. The Morgan fingerprint density at radius 3 is 2.25 bits per heavy atom. The van der Waals surface area contributed by atoms with Crippen LogP contribution in [-0.4, -0.2) is 94.2 Å². The molecule has 0 unspecified atom stereocenters.